The molecule has 0 bridgehead atoms. The van der Waals surface area contributed by atoms with E-state index in [1.807, 2.05) is 0 Å². The highest BCUT2D eigenvalue weighted by Gasteiger charge is 2.16. The van der Waals surface area contributed by atoms with Crippen LogP contribution in [0.25, 0.3) is 0 Å². The Morgan fingerprint density at radius 2 is 1.90 bits per heavy atom. The number of carbonyl (C=O) groups is 1. The van der Waals surface area contributed by atoms with Crippen LogP contribution in [0.15, 0.2) is 47.4 Å². The molecule has 0 aliphatic carbocycles. The Morgan fingerprint density at radius 3 is 2.55 bits per heavy atom. The molecule has 2 rings (SSSR count). The van der Waals surface area contributed by atoms with Gasteiger partial charge in [0.25, 0.3) is 5.91 Å². The number of halogens is 2. The lowest BCUT2D eigenvalue weighted by atomic mass is 10.2. The highest BCUT2D eigenvalue weighted by atomic mass is 35.5. The predicted octanol–water partition coefficient (Wildman–Crippen LogP) is 3.47. The maximum atomic E-state index is 13.5. The Hall–Kier alpha value is -1.72. The van der Waals surface area contributed by atoms with E-state index >= 15 is 0 Å². The van der Waals surface area contributed by atoms with E-state index in [-0.39, 0.29) is 10.6 Å². The number of carbonyl (C=O) groups excluding carboxylic acids is 1. The number of amides is 1. The van der Waals surface area contributed by atoms with Crippen molar-refractivity contribution >= 4 is 34.0 Å². The van der Waals surface area contributed by atoms with Gasteiger partial charge in [0.05, 0.1) is 32.0 Å². The second kappa shape index (κ2) is 6.15. The molecule has 0 aliphatic heterocycles. The van der Waals surface area contributed by atoms with Gasteiger partial charge in [0, 0.05) is 6.26 Å². The lowest BCUT2D eigenvalue weighted by Crippen LogP contribution is -2.15. The smallest absolute Gasteiger partial charge is 0.258 e. The van der Waals surface area contributed by atoms with E-state index in [4.69, 9.17) is 11.6 Å². The van der Waals surface area contributed by atoms with Crippen LogP contribution in [0.4, 0.5) is 10.1 Å². The van der Waals surface area contributed by atoms with Gasteiger partial charge < -0.3 is 5.32 Å². The fourth-order valence-corrected chi connectivity index (χ4v) is 3.01. The lowest BCUT2D eigenvalue weighted by Gasteiger charge is -2.11. The van der Waals surface area contributed by atoms with Gasteiger partial charge in [-0.05, 0) is 24.3 Å². The minimum absolute atomic E-state index is 0.0830. The van der Waals surface area contributed by atoms with Crippen LogP contribution in [0, 0.1) is 5.82 Å². The maximum absolute atomic E-state index is 13.5. The summed E-state index contributed by atoms with van der Waals surface area (Å²) in [6, 6.07) is 10.4. The van der Waals surface area contributed by atoms with Gasteiger partial charge >= 0.3 is 0 Å². The third-order valence-electron chi connectivity index (χ3n) is 2.62. The van der Waals surface area contributed by atoms with Crippen LogP contribution in [0.2, 0.25) is 5.02 Å². The van der Waals surface area contributed by atoms with Gasteiger partial charge in [0.15, 0.2) is 0 Å². The lowest BCUT2D eigenvalue weighted by molar-refractivity contribution is 0.102. The predicted molar refractivity (Wildman–Crippen MR) is 78.1 cm³/mol. The third kappa shape index (κ3) is 3.05. The molecule has 104 valence electrons. The molecule has 1 N–H and O–H groups in total. The number of rotatable bonds is 3. The minimum Gasteiger partial charge on any atom is -0.321 e. The second-order valence-corrected chi connectivity index (χ2v) is 5.73. The van der Waals surface area contributed by atoms with Gasteiger partial charge in [-0.25, -0.2) is 4.39 Å². The normalized spacial score (nSPS) is 11.9. The largest absolute Gasteiger partial charge is 0.321 e. The summed E-state index contributed by atoms with van der Waals surface area (Å²) in [6.45, 7) is 0. The van der Waals surface area contributed by atoms with Gasteiger partial charge in [-0.15, -0.1) is 0 Å². The summed E-state index contributed by atoms with van der Waals surface area (Å²) in [4.78, 5) is 12.3. The van der Waals surface area contributed by atoms with Crippen LogP contribution >= 0.6 is 11.6 Å². The van der Waals surface area contributed by atoms with Crippen molar-refractivity contribution in [3.8, 4) is 0 Å². The molecule has 20 heavy (non-hydrogen) atoms. The van der Waals surface area contributed by atoms with Crippen LogP contribution in [0.3, 0.4) is 0 Å². The first-order chi connectivity index (χ1) is 9.50. The zero-order chi connectivity index (χ0) is 14.7. The molecule has 6 heteroatoms. The van der Waals surface area contributed by atoms with E-state index in [1.54, 1.807) is 24.3 Å². The number of hydrogen-bond donors (Lipinski definition) is 1. The van der Waals surface area contributed by atoms with Gasteiger partial charge in [-0.1, -0.05) is 29.8 Å². The Kier molecular flexibility index (Phi) is 4.52. The molecule has 1 atom stereocenters. The van der Waals surface area contributed by atoms with Gasteiger partial charge in [0.2, 0.25) is 0 Å². The van der Waals surface area contributed by atoms with Gasteiger partial charge in [-0.2, -0.15) is 0 Å². The second-order valence-electron chi connectivity index (χ2n) is 4.00. The molecular formula is C14H11ClFNO2S. The Bertz CT molecular complexity index is 691. The third-order valence-corrected chi connectivity index (χ3v) is 4.06. The molecular weight excluding hydrogens is 301 g/mol. The quantitative estimate of drug-likeness (QED) is 0.943. The highest BCUT2D eigenvalue weighted by Crippen LogP contribution is 2.27. The molecule has 2 aromatic rings. The number of benzene rings is 2. The number of nitrogens with one attached hydrogen (secondary N) is 1. The van der Waals surface area contributed by atoms with E-state index in [2.05, 4.69) is 5.32 Å². The average Bonchev–Trinajstić information content (AvgIpc) is 2.38. The standard InChI is InChI=1S/C14H11ClFNO2S/c1-20(19)13-10(15)6-4-8-12(13)17-14(18)9-5-2-3-7-11(9)16/h2-8H,1H3,(H,17,18). The molecule has 0 spiro atoms. The fraction of sp³-hybridized carbons (Fsp3) is 0.0714. The highest BCUT2D eigenvalue weighted by molar-refractivity contribution is 7.84. The summed E-state index contributed by atoms with van der Waals surface area (Å²) in [5.74, 6) is -1.23. The van der Waals surface area contributed by atoms with E-state index in [0.29, 0.717) is 10.6 Å². The summed E-state index contributed by atoms with van der Waals surface area (Å²) in [5, 5.41) is 2.82. The van der Waals surface area contributed by atoms with Gasteiger partial charge in [-0.3, -0.25) is 9.00 Å². The van der Waals surface area contributed by atoms with E-state index < -0.39 is 22.5 Å². The molecule has 0 saturated carbocycles. The molecule has 0 aliphatic rings. The topological polar surface area (TPSA) is 46.2 Å². The molecule has 1 amide bonds. The summed E-state index contributed by atoms with van der Waals surface area (Å²) in [5.41, 5.74) is 0.229. The molecule has 0 aromatic heterocycles. The monoisotopic (exact) mass is 311 g/mol. The summed E-state index contributed by atoms with van der Waals surface area (Å²) in [6.07, 6.45) is 1.46. The van der Waals surface area contributed by atoms with Crippen molar-refractivity contribution in [2.75, 3.05) is 11.6 Å². The molecule has 1 unspecified atom stereocenters. The van der Waals surface area contributed by atoms with Crippen molar-refractivity contribution in [1.82, 2.24) is 0 Å². The maximum Gasteiger partial charge on any atom is 0.258 e. The summed E-state index contributed by atoms with van der Waals surface area (Å²) >= 11 is 5.97. The van der Waals surface area contributed by atoms with E-state index in [0.717, 1.165) is 0 Å². The first-order valence-corrected chi connectivity index (χ1v) is 7.62. The summed E-state index contributed by atoms with van der Waals surface area (Å²) in [7, 11) is -1.37. The average molecular weight is 312 g/mol. The zero-order valence-electron chi connectivity index (χ0n) is 10.5. The Morgan fingerprint density at radius 1 is 1.20 bits per heavy atom. The van der Waals surface area contributed by atoms with Crippen LogP contribution in [0.5, 0.6) is 0 Å². The number of hydrogen-bond acceptors (Lipinski definition) is 2. The molecule has 3 nitrogen and oxygen atoms in total. The molecule has 0 radical (unpaired) electrons. The van der Waals surface area contributed by atoms with Crippen LogP contribution in [-0.2, 0) is 10.8 Å². The van der Waals surface area contributed by atoms with Crippen molar-refractivity contribution in [3.63, 3.8) is 0 Å². The van der Waals surface area contributed by atoms with E-state index in [1.165, 1.54) is 24.5 Å². The van der Waals surface area contributed by atoms with E-state index in [9.17, 15) is 13.4 Å². The Labute approximate surface area is 123 Å². The van der Waals surface area contributed by atoms with Crippen LogP contribution in [0.1, 0.15) is 10.4 Å². The first kappa shape index (κ1) is 14.7. The number of anilines is 1. The zero-order valence-corrected chi connectivity index (χ0v) is 12.1. The molecule has 0 heterocycles. The van der Waals surface area contributed by atoms with Gasteiger partial charge in [0.1, 0.15) is 5.82 Å². The van der Waals surface area contributed by atoms with Crippen molar-refractivity contribution in [2.45, 2.75) is 4.90 Å². The molecule has 0 fully saturated rings. The first-order valence-electron chi connectivity index (χ1n) is 5.68. The SMILES string of the molecule is CS(=O)c1c(Cl)cccc1NC(=O)c1ccccc1F. The molecule has 0 saturated heterocycles. The van der Waals surface area contributed by atoms with Crippen molar-refractivity contribution in [3.05, 3.63) is 58.9 Å². The molecule has 2 aromatic carbocycles. The minimum atomic E-state index is -1.37. The van der Waals surface area contributed by atoms with Crippen LogP contribution in [-0.4, -0.2) is 16.4 Å². The summed E-state index contributed by atoms with van der Waals surface area (Å²) < 4.78 is 25.2. The fourth-order valence-electron chi connectivity index (χ4n) is 1.73. The Balaban J connectivity index is 2.36. The van der Waals surface area contributed by atoms with Crippen molar-refractivity contribution in [1.29, 1.82) is 0 Å². The van der Waals surface area contributed by atoms with Crippen LogP contribution < -0.4 is 5.32 Å². The van der Waals surface area contributed by atoms with Crippen molar-refractivity contribution < 1.29 is 13.4 Å². The van der Waals surface area contributed by atoms with Crippen molar-refractivity contribution in [2.24, 2.45) is 0 Å².